The zero-order valence-electron chi connectivity index (χ0n) is 16.1. The maximum Gasteiger partial charge on any atom is 0.341 e. The van der Waals surface area contributed by atoms with Crippen molar-refractivity contribution >= 4 is 39.7 Å². The third-order valence-corrected chi connectivity index (χ3v) is 5.99. The minimum absolute atomic E-state index is 0.0316. The molecule has 7 heteroatoms. The number of hydrogen-bond acceptors (Lipinski definition) is 6. The number of esters is 1. The molecular weight excluding hydrogens is 376 g/mol. The summed E-state index contributed by atoms with van der Waals surface area (Å²) < 4.78 is 4.96. The van der Waals surface area contributed by atoms with Crippen LogP contribution in [0.4, 0.5) is 10.7 Å². The number of hydrogen-bond donors (Lipinski definition) is 2. The number of rotatable bonds is 6. The second-order valence-electron chi connectivity index (χ2n) is 6.80. The average molecular weight is 401 g/mol. The van der Waals surface area contributed by atoms with E-state index in [4.69, 9.17) is 4.74 Å². The second-order valence-corrected chi connectivity index (χ2v) is 7.90. The Labute approximate surface area is 168 Å². The lowest BCUT2D eigenvalue weighted by Crippen LogP contribution is -2.22. The van der Waals surface area contributed by atoms with Crippen molar-refractivity contribution in [2.45, 2.75) is 39.0 Å². The fourth-order valence-corrected chi connectivity index (χ4v) is 4.64. The molecule has 0 radical (unpaired) electrons. The lowest BCUT2D eigenvalue weighted by atomic mass is 10.1. The van der Waals surface area contributed by atoms with Crippen molar-refractivity contribution in [2.24, 2.45) is 0 Å². The third kappa shape index (κ3) is 4.59. The number of carbonyl (C=O) groups excluding carboxylic acids is 3. The molecule has 2 aromatic rings. The third-order valence-electron chi connectivity index (χ3n) is 4.79. The average Bonchev–Trinajstić information content (AvgIpc) is 2.86. The number of ether oxygens (including phenoxy) is 1. The van der Waals surface area contributed by atoms with Crippen LogP contribution in [0, 0.1) is 0 Å². The van der Waals surface area contributed by atoms with Gasteiger partial charge in [0.05, 0.1) is 19.2 Å². The molecule has 1 aromatic heterocycles. The number of carbonyl (C=O) groups is 3. The van der Waals surface area contributed by atoms with Crippen molar-refractivity contribution in [2.75, 3.05) is 24.3 Å². The number of benzene rings is 1. The fraction of sp³-hybridized carbons (Fsp3) is 0.381. The maximum absolute atomic E-state index is 12.5. The van der Waals surface area contributed by atoms with E-state index in [1.807, 2.05) is 0 Å². The zero-order valence-corrected chi connectivity index (χ0v) is 16.9. The van der Waals surface area contributed by atoms with E-state index in [0.717, 1.165) is 42.5 Å². The van der Waals surface area contributed by atoms with E-state index in [9.17, 15) is 14.4 Å². The Morgan fingerprint density at radius 1 is 1.14 bits per heavy atom. The van der Waals surface area contributed by atoms with Gasteiger partial charge in [0.1, 0.15) is 5.00 Å². The number of aryl methyl sites for hydroxylation is 1. The molecule has 1 aromatic carbocycles. The van der Waals surface area contributed by atoms with Gasteiger partial charge in [-0.15, -0.1) is 11.3 Å². The monoisotopic (exact) mass is 400 g/mol. The number of methoxy groups -OCH3 is 1. The molecule has 1 heterocycles. The van der Waals surface area contributed by atoms with Crippen molar-refractivity contribution in [1.82, 2.24) is 0 Å². The zero-order chi connectivity index (χ0) is 20.1. The van der Waals surface area contributed by atoms with Crippen LogP contribution in [0.15, 0.2) is 24.3 Å². The lowest BCUT2D eigenvalue weighted by Gasteiger charge is -2.09. The Bertz CT molecular complexity index is 904. The first-order chi connectivity index (χ1) is 13.5. The first-order valence-electron chi connectivity index (χ1n) is 9.37. The van der Waals surface area contributed by atoms with Crippen LogP contribution in [0.1, 0.15) is 57.3 Å². The topological polar surface area (TPSA) is 84.5 Å². The van der Waals surface area contributed by atoms with Gasteiger partial charge in [-0.3, -0.25) is 9.59 Å². The highest BCUT2D eigenvalue weighted by atomic mass is 32.1. The largest absolute Gasteiger partial charge is 0.465 e. The van der Waals surface area contributed by atoms with Crippen LogP contribution in [-0.4, -0.2) is 31.3 Å². The molecule has 2 N–H and O–H groups in total. The van der Waals surface area contributed by atoms with Gasteiger partial charge in [0, 0.05) is 16.1 Å². The number of nitrogens with one attached hydrogen (secondary N) is 2. The predicted molar refractivity (Wildman–Crippen MR) is 110 cm³/mol. The van der Waals surface area contributed by atoms with Crippen LogP contribution in [0.5, 0.6) is 0 Å². The molecule has 148 valence electrons. The van der Waals surface area contributed by atoms with Gasteiger partial charge in [-0.25, -0.2) is 4.79 Å². The number of amides is 1. The molecule has 1 aliphatic carbocycles. The maximum atomic E-state index is 12.5. The second kappa shape index (κ2) is 9.01. The van der Waals surface area contributed by atoms with Crippen molar-refractivity contribution in [3.05, 3.63) is 45.8 Å². The standard InChI is InChI=1S/C21H24N2O4S/c1-13(24)14-7-6-8-15(11-14)22-12-18(25)23-20-19(21(26)27-2)16-9-4-3-5-10-17(16)28-20/h6-8,11,22H,3-5,9-10,12H2,1-2H3,(H,23,25). The van der Waals surface area contributed by atoms with Crippen LogP contribution >= 0.6 is 11.3 Å². The molecular formula is C21H24N2O4S. The molecule has 1 amide bonds. The summed E-state index contributed by atoms with van der Waals surface area (Å²) in [6.45, 7) is 1.53. The molecule has 0 spiro atoms. The van der Waals surface area contributed by atoms with Crippen LogP contribution in [-0.2, 0) is 22.4 Å². The van der Waals surface area contributed by atoms with Crippen molar-refractivity contribution in [3.63, 3.8) is 0 Å². The number of anilines is 2. The summed E-state index contributed by atoms with van der Waals surface area (Å²) in [7, 11) is 1.36. The molecule has 0 saturated carbocycles. The Morgan fingerprint density at radius 3 is 2.68 bits per heavy atom. The number of fused-ring (bicyclic) bond motifs is 1. The van der Waals surface area contributed by atoms with Gasteiger partial charge in [-0.05, 0) is 50.3 Å². The highest BCUT2D eigenvalue weighted by Gasteiger charge is 2.26. The molecule has 0 unspecified atom stereocenters. The molecule has 1 aliphatic rings. The van der Waals surface area contributed by atoms with Gasteiger partial charge in [-0.1, -0.05) is 18.6 Å². The first kappa shape index (κ1) is 20.1. The normalized spacial score (nSPS) is 13.2. The summed E-state index contributed by atoms with van der Waals surface area (Å²) in [5.74, 6) is -0.692. The van der Waals surface area contributed by atoms with Crippen molar-refractivity contribution in [1.29, 1.82) is 0 Å². The molecule has 0 saturated heterocycles. The first-order valence-corrected chi connectivity index (χ1v) is 10.2. The summed E-state index contributed by atoms with van der Waals surface area (Å²) in [6.07, 6.45) is 5.04. The van der Waals surface area contributed by atoms with Crippen molar-refractivity contribution < 1.29 is 19.1 Å². The number of Topliss-reactive ketones (excluding diaryl/α,β-unsaturated/α-hetero) is 1. The van der Waals surface area contributed by atoms with Gasteiger partial charge in [0.25, 0.3) is 0 Å². The molecule has 0 fully saturated rings. The minimum atomic E-state index is -0.406. The Balaban J connectivity index is 1.72. The van der Waals surface area contributed by atoms with E-state index < -0.39 is 5.97 Å². The lowest BCUT2D eigenvalue weighted by molar-refractivity contribution is -0.114. The Hall–Kier alpha value is -2.67. The highest BCUT2D eigenvalue weighted by molar-refractivity contribution is 7.17. The summed E-state index contributed by atoms with van der Waals surface area (Å²) in [4.78, 5) is 37.4. The fourth-order valence-electron chi connectivity index (χ4n) is 3.35. The molecule has 3 rings (SSSR count). The van der Waals surface area contributed by atoms with Crippen LogP contribution < -0.4 is 10.6 Å². The van der Waals surface area contributed by atoms with Crippen molar-refractivity contribution in [3.8, 4) is 0 Å². The van der Waals surface area contributed by atoms with E-state index in [2.05, 4.69) is 10.6 Å². The molecule has 28 heavy (non-hydrogen) atoms. The Morgan fingerprint density at radius 2 is 1.93 bits per heavy atom. The van der Waals surface area contributed by atoms with Gasteiger partial charge >= 0.3 is 5.97 Å². The molecule has 0 atom stereocenters. The van der Waals surface area contributed by atoms with E-state index in [-0.39, 0.29) is 18.2 Å². The van der Waals surface area contributed by atoms with Gasteiger partial charge < -0.3 is 15.4 Å². The number of ketones is 1. The quantitative estimate of drug-likeness (QED) is 0.434. The summed E-state index contributed by atoms with van der Waals surface area (Å²) >= 11 is 1.47. The SMILES string of the molecule is COC(=O)c1c(NC(=O)CNc2cccc(C(C)=O)c2)sc2c1CCCCC2. The van der Waals surface area contributed by atoms with Gasteiger partial charge in [0.15, 0.2) is 5.78 Å². The molecule has 6 nitrogen and oxygen atoms in total. The smallest absolute Gasteiger partial charge is 0.341 e. The highest BCUT2D eigenvalue weighted by Crippen LogP contribution is 2.37. The summed E-state index contributed by atoms with van der Waals surface area (Å²) in [5.41, 5.74) is 2.79. The Kier molecular flexibility index (Phi) is 6.46. The van der Waals surface area contributed by atoms with Gasteiger partial charge in [0.2, 0.25) is 5.91 Å². The summed E-state index contributed by atoms with van der Waals surface area (Å²) in [6, 6.07) is 7.01. The van der Waals surface area contributed by atoms with Gasteiger partial charge in [-0.2, -0.15) is 0 Å². The molecule has 0 aliphatic heterocycles. The van der Waals surface area contributed by atoms with E-state index in [1.54, 1.807) is 24.3 Å². The summed E-state index contributed by atoms with van der Waals surface area (Å²) in [5, 5.41) is 6.44. The van der Waals surface area contributed by atoms with E-state index >= 15 is 0 Å². The van der Waals surface area contributed by atoms with Crippen LogP contribution in [0.2, 0.25) is 0 Å². The molecule has 0 bridgehead atoms. The minimum Gasteiger partial charge on any atom is -0.465 e. The van der Waals surface area contributed by atoms with Crippen LogP contribution in [0.3, 0.4) is 0 Å². The van der Waals surface area contributed by atoms with E-state index in [1.165, 1.54) is 25.4 Å². The predicted octanol–water partition coefficient (Wildman–Crippen LogP) is 4.06. The van der Waals surface area contributed by atoms with Crippen LogP contribution in [0.25, 0.3) is 0 Å². The van der Waals surface area contributed by atoms with E-state index in [0.29, 0.717) is 21.8 Å². The number of thiophene rings is 1.